The Morgan fingerprint density at radius 2 is 1.71 bits per heavy atom. The summed E-state index contributed by atoms with van der Waals surface area (Å²) >= 11 is 5.81. The molecule has 0 spiro atoms. The monoisotopic (exact) mass is 388 g/mol. The van der Waals surface area contributed by atoms with Crippen LogP contribution in [-0.4, -0.2) is 14.7 Å². The predicted octanol–water partition coefficient (Wildman–Crippen LogP) is 5.18. The van der Waals surface area contributed by atoms with Crippen molar-refractivity contribution < 1.29 is 0 Å². The van der Waals surface area contributed by atoms with Crippen LogP contribution in [0.25, 0.3) is 0 Å². The number of rotatable bonds is 4. The molecule has 1 N–H and O–H groups in total. The van der Waals surface area contributed by atoms with Gasteiger partial charge in [-0.05, 0) is 61.5 Å². The highest BCUT2D eigenvalue weighted by Crippen LogP contribution is 2.43. The van der Waals surface area contributed by atoms with Crippen LogP contribution in [0.3, 0.4) is 0 Å². The van der Waals surface area contributed by atoms with E-state index in [0.717, 1.165) is 16.5 Å². The number of para-hydroxylation sites is 1. The normalized spacial score (nSPS) is 22.6. The molecular weight excluding hydrogens is 364 g/mol. The lowest BCUT2D eigenvalue weighted by molar-refractivity contribution is 0.461. The smallest absolute Gasteiger partial charge is 0.174 e. The van der Waals surface area contributed by atoms with Gasteiger partial charge in [0.1, 0.15) is 6.04 Å². The minimum Gasteiger partial charge on any atom is -0.351 e. The largest absolute Gasteiger partial charge is 0.351 e. The van der Waals surface area contributed by atoms with Crippen LogP contribution in [0.15, 0.2) is 73.1 Å². The maximum atomic E-state index is 5.81. The molecule has 28 heavy (non-hydrogen) atoms. The molecule has 5 heteroatoms. The van der Waals surface area contributed by atoms with E-state index in [-0.39, 0.29) is 12.1 Å². The Labute approximate surface area is 171 Å². The van der Waals surface area contributed by atoms with Gasteiger partial charge < -0.3 is 14.8 Å². The highest BCUT2D eigenvalue weighted by molar-refractivity contribution is 7.80. The van der Waals surface area contributed by atoms with E-state index >= 15 is 0 Å². The molecule has 0 bridgehead atoms. The van der Waals surface area contributed by atoms with Crippen molar-refractivity contribution in [3.63, 3.8) is 0 Å². The second-order valence-corrected chi connectivity index (χ2v) is 8.00. The molecule has 1 saturated carbocycles. The Hall–Kier alpha value is -2.66. The molecule has 3 aromatic rings. The van der Waals surface area contributed by atoms with Gasteiger partial charge in [-0.1, -0.05) is 37.1 Å². The van der Waals surface area contributed by atoms with Crippen LogP contribution in [0, 0.1) is 0 Å². The minimum atomic E-state index is 0.0176. The maximum absolute atomic E-state index is 5.81. The van der Waals surface area contributed by atoms with Gasteiger partial charge in [0.25, 0.3) is 0 Å². The maximum Gasteiger partial charge on any atom is 0.174 e. The van der Waals surface area contributed by atoms with E-state index in [4.69, 9.17) is 12.2 Å². The first-order valence-electron chi connectivity index (χ1n) is 10.1. The van der Waals surface area contributed by atoms with E-state index in [1.807, 2.05) is 24.4 Å². The van der Waals surface area contributed by atoms with E-state index in [9.17, 15) is 0 Å². The molecular formula is C23H24N4S. The SMILES string of the molecule is S=C1N[C@H](c2ccccn2)[C@H](c2cccn2C2CCCC2)N1c1ccccc1. The van der Waals surface area contributed by atoms with E-state index in [1.165, 1.54) is 31.4 Å². The molecule has 1 saturated heterocycles. The lowest BCUT2D eigenvalue weighted by Gasteiger charge is -2.30. The van der Waals surface area contributed by atoms with E-state index in [1.54, 1.807) is 0 Å². The summed E-state index contributed by atoms with van der Waals surface area (Å²) in [4.78, 5) is 6.91. The lowest BCUT2D eigenvalue weighted by Crippen LogP contribution is -2.30. The van der Waals surface area contributed by atoms with Gasteiger partial charge in [0.2, 0.25) is 0 Å². The summed E-state index contributed by atoms with van der Waals surface area (Å²) in [7, 11) is 0. The molecule has 5 rings (SSSR count). The molecule has 1 aliphatic carbocycles. The quantitative estimate of drug-likeness (QED) is 0.625. The van der Waals surface area contributed by atoms with E-state index in [2.05, 4.69) is 68.4 Å². The van der Waals surface area contributed by atoms with Gasteiger partial charge in [-0.15, -0.1) is 0 Å². The summed E-state index contributed by atoms with van der Waals surface area (Å²) in [6, 6.07) is 21.6. The van der Waals surface area contributed by atoms with Crippen molar-refractivity contribution in [1.82, 2.24) is 14.9 Å². The third-order valence-corrected chi connectivity index (χ3v) is 6.28. The van der Waals surface area contributed by atoms with Crippen molar-refractivity contribution >= 4 is 23.0 Å². The third-order valence-electron chi connectivity index (χ3n) is 5.97. The zero-order valence-corrected chi connectivity index (χ0v) is 16.6. The Bertz CT molecular complexity index is 947. The van der Waals surface area contributed by atoms with Gasteiger partial charge in [0.15, 0.2) is 5.11 Å². The lowest BCUT2D eigenvalue weighted by atomic mass is 10.0. The number of thiocarbonyl (C=S) groups is 1. The van der Waals surface area contributed by atoms with Crippen LogP contribution < -0.4 is 10.2 Å². The number of anilines is 1. The number of hydrogen-bond donors (Lipinski definition) is 1. The molecule has 2 fully saturated rings. The van der Waals surface area contributed by atoms with Crippen LogP contribution in [0.1, 0.15) is 55.2 Å². The van der Waals surface area contributed by atoms with Gasteiger partial charge >= 0.3 is 0 Å². The molecule has 2 atom stereocenters. The van der Waals surface area contributed by atoms with Crippen molar-refractivity contribution in [2.45, 2.75) is 43.8 Å². The first-order chi connectivity index (χ1) is 13.8. The van der Waals surface area contributed by atoms with Gasteiger partial charge in [0, 0.05) is 29.8 Å². The Morgan fingerprint density at radius 1 is 0.929 bits per heavy atom. The number of nitrogens with zero attached hydrogens (tertiary/aromatic N) is 3. The van der Waals surface area contributed by atoms with Crippen molar-refractivity contribution in [1.29, 1.82) is 0 Å². The molecule has 2 aromatic heterocycles. The highest BCUT2D eigenvalue weighted by Gasteiger charge is 2.42. The zero-order valence-electron chi connectivity index (χ0n) is 15.7. The summed E-state index contributed by atoms with van der Waals surface area (Å²) in [6.45, 7) is 0. The molecule has 0 amide bonds. The van der Waals surface area contributed by atoms with Crippen LogP contribution >= 0.6 is 12.2 Å². The van der Waals surface area contributed by atoms with Gasteiger partial charge in [-0.2, -0.15) is 0 Å². The average molecular weight is 389 g/mol. The molecule has 1 aliphatic heterocycles. The molecule has 0 radical (unpaired) electrons. The Balaban J connectivity index is 1.62. The fourth-order valence-electron chi connectivity index (χ4n) is 4.69. The zero-order chi connectivity index (χ0) is 18.9. The molecule has 2 aliphatic rings. The Morgan fingerprint density at radius 3 is 2.46 bits per heavy atom. The summed E-state index contributed by atoms with van der Waals surface area (Å²) < 4.78 is 2.49. The molecule has 4 nitrogen and oxygen atoms in total. The highest BCUT2D eigenvalue weighted by atomic mass is 32.1. The fraction of sp³-hybridized carbons (Fsp3) is 0.304. The number of nitrogens with one attached hydrogen (secondary N) is 1. The topological polar surface area (TPSA) is 33.1 Å². The van der Waals surface area contributed by atoms with Gasteiger partial charge in [-0.3, -0.25) is 4.98 Å². The van der Waals surface area contributed by atoms with Gasteiger partial charge in [0.05, 0.1) is 11.7 Å². The van der Waals surface area contributed by atoms with Gasteiger partial charge in [-0.25, -0.2) is 0 Å². The fourth-order valence-corrected chi connectivity index (χ4v) is 5.04. The molecule has 142 valence electrons. The standard InChI is InChI=1S/C23H24N4S/c28-23-25-21(19-13-6-7-15-24-19)22(27(23)18-11-2-1-3-12-18)20-14-8-16-26(20)17-9-4-5-10-17/h1-3,6-8,11-17,21-22H,4-5,9-10H2,(H,25,28)/t21-,22+/m1/s1. The van der Waals surface area contributed by atoms with Crippen LogP contribution in [0.2, 0.25) is 0 Å². The number of benzene rings is 1. The van der Waals surface area contributed by atoms with Crippen LogP contribution in [0.4, 0.5) is 5.69 Å². The summed E-state index contributed by atoms with van der Waals surface area (Å²) in [5.74, 6) is 0. The predicted molar refractivity (Wildman–Crippen MR) is 116 cm³/mol. The third kappa shape index (κ3) is 3.00. The molecule has 3 heterocycles. The first kappa shape index (κ1) is 17.4. The van der Waals surface area contributed by atoms with Crippen molar-refractivity contribution in [3.8, 4) is 0 Å². The summed E-state index contributed by atoms with van der Waals surface area (Å²) in [5, 5.41) is 4.31. The summed E-state index contributed by atoms with van der Waals surface area (Å²) in [6.07, 6.45) is 9.24. The summed E-state index contributed by atoms with van der Waals surface area (Å²) in [5.41, 5.74) is 3.44. The molecule has 1 aromatic carbocycles. The van der Waals surface area contributed by atoms with Crippen molar-refractivity contribution in [2.75, 3.05) is 4.90 Å². The van der Waals surface area contributed by atoms with E-state index in [0.29, 0.717) is 6.04 Å². The average Bonchev–Trinajstić information content (AvgIpc) is 3.48. The van der Waals surface area contributed by atoms with Crippen molar-refractivity contribution in [3.05, 3.63) is 84.4 Å². The van der Waals surface area contributed by atoms with Crippen LogP contribution in [-0.2, 0) is 0 Å². The number of pyridine rings is 1. The second kappa shape index (κ2) is 7.40. The Kier molecular flexibility index (Phi) is 4.61. The molecule has 0 unspecified atom stereocenters. The number of hydrogen-bond acceptors (Lipinski definition) is 2. The second-order valence-electron chi connectivity index (χ2n) is 7.61. The van der Waals surface area contributed by atoms with Crippen LogP contribution in [0.5, 0.6) is 0 Å². The van der Waals surface area contributed by atoms with E-state index < -0.39 is 0 Å². The first-order valence-corrected chi connectivity index (χ1v) is 10.5. The minimum absolute atomic E-state index is 0.0176. The number of aromatic nitrogens is 2. The van der Waals surface area contributed by atoms with Crippen molar-refractivity contribution in [2.24, 2.45) is 0 Å².